The average Bonchev–Trinajstić information content (AvgIpc) is 3.09. The van der Waals surface area contributed by atoms with Crippen LogP contribution in [-0.4, -0.2) is 27.7 Å². The van der Waals surface area contributed by atoms with Gasteiger partial charge in [-0.3, -0.25) is 9.59 Å². The number of hydrogen-bond acceptors (Lipinski definition) is 3. The first-order valence-electron chi connectivity index (χ1n) is 6.96. The van der Waals surface area contributed by atoms with Gasteiger partial charge in [-0.25, -0.2) is 8.78 Å². The van der Waals surface area contributed by atoms with Crippen LogP contribution in [0, 0.1) is 35.3 Å². The maximum Gasteiger partial charge on any atom is 0.324 e. The number of carbonyl (C=O) groups is 2. The van der Waals surface area contributed by atoms with Crippen LogP contribution in [0.4, 0.5) is 8.78 Å². The van der Waals surface area contributed by atoms with Gasteiger partial charge in [0.2, 0.25) is 0 Å². The lowest BCUT2D eigenvalue weighted by Crippen LogP contribution is -2.55. The lowest BCUT2D eigenvalue weighted by Gasteiger charge is -2.31. The third-order valence-corrected chi connectivity index (χ3v) is 5.11. The highest BCUT2D eigenvalue weighted by Gasteiger charge is 2.73. The fourth-order valence-corrected chi connectivity index (χ4v) is 3.99. The Kier molecular flexibility index (Phi) is 3.21. The largest absolute Gasteiger partial charge is 0.481 e. The van der Waals surface area contributed by atoms with Crippen LogP contribution in [0.25, 0.3) is 0 Å². The van der Waals surface area contributed by atoms with Crippen LogP contribution in [0.15, 0.2) is 18.2 Å². The normalized spacial score (nSPS) is 36.0. The molecule has 1 aromatic carbocycles. The molecule has 2 aliphatic carbocycles. The van der Waals surface area contributed by atoms with Crippen molar-refractivity contribution in [3.05, 3.63) is 35.4 Å². The molecule has 5 nitrogen and oxygen atoms in total. The molecule has 5 unspecified atom stereocenters. The van der Waals surface area contributed by atoms with Crippen LogP contribution in [-0.2, 0) is 16.0 Å². The molecule has 2 fully saturated rings. The van der Waals surface area contributed by atoms with Gasteiger partial charge in [0.1, 0.15) is 5.54 Å². The molecule has 5 atom stereocenters. The maximum absolute atomic E-state index is 13.8. The number of halogens is 2. The Bertz CT molecular complexity index is 665. The zero-order chi connectivity index (χ0) is 16.2. The Morgan fingerprint density at radius 3 is 2.59 bits per heavy atom. The van der Waals surface area contributed by atoms with Gasteiger partial charge < -0.3 is 15.9 Å². The fourth-order valence-electron chi connectivity index (χ4n) is 3.99. The highest BCUT2D eigenvalue weighted by molar-refractivity contribution is 5.85. The molecule has 0 saturated heterocycles. The fraction of sp³-hybridized carbons (Fsp3) is 0.467. The van der Waals surface area contributed by atoms with Crippen molar-refractivity contribution in [1.29, 1.82) is 0 Å². The monoisotopic (exact) mass is 311 g/mol. The van der Waals surface area contributed by atoms with Gasteiger partial charge in [-0.05, 0) is 36.3 Å². The minimum absolute atomic E-state index is 0.0221. The van der Waals surface area contributed by atoms with Gasteiger partial charge in [0.05, 0.1) is 5.92 Å². The molecule has 3 rings (SSSR count). The average molecular weight is 311 g/mol. The number of rotatable bonds is 4. The lowest BCUT2D eigenvalue weighted by atomic mass is 9.78. The van der Waals surface area contributed by atoms with E-state index in [4.69, 9.17) is 10.8 Å². The van der Waals surface area contributed by atoms with Crippen LogP contribution in [0.1, 0.15) is 12.0 Å². The minimum Gasteiger partial charge on any atom is -0.481 e. The van der Waals surface area contributed by atoms with Crippen LogP contribution in [0.2, 0.25) is 0 Å². The first-order valence-corrected chi connectivity index (χ1v) is 6.96. The van der Waals surface area contributed by atoms with Gasteiger partial charge in [-0.2, -0.15) is 0 Å². The maximum atomic E-state index is 13.8. The molecule has 2 saturated carbocycles. The van der Waals surface area contributed by atoms with Crippen LogP contribution in [0.5, 0.6) is 0 Å². The number of nitrogens with two attached hydrogens (primary N) is 1. The Labute approximate surface area is 124 Å². The predicted octanol–water partition coefficient (Wildman–Crippen LogP) is 1.26. The molecule has 1 aromatic rings. The summed E-state index contributed by atoms with van der Waals surface area (Å²) in [5.74, 6) is -6.68. The van der Waals surface area contributed by atoms with Crippen molar-refractivity contribution in [3.8, 4) is 0 Å². The second kappa shape index (κ2) is 4.74. The summed E-state index contributed by atoms with van der Waals surface area (Å²) in [5, 5.41) is 18.5. The van der Waals surface area contributed by atoms with E-state index in [-0.39, 0.29) is 17.9 Å². The molecule has 0 heterocycles. The molecule has 0 radical (unpaired) electrons. The topological polar surface area (TPSA) is 101 Å². The zero-order valence-electron chi connectivity index (χ0n) is 11.5. The van der Waals surface area contributed by atoms with E-state index in [0.717, 1.165) is 6.07 Å². The van der Waals surface area contributed by atoms with Gasteiger partial charge >= 0.3 is 11.9 Å². The number of aliphatic carboxylic acids is 2. The van der Waals surface area contributed by atoms with Crippen molar-refractivity contribution < 1.29 is 28.6 Å². The molecule has 0 aromatic heterocycles. The van der Waals surface area contributed by atoms with E-state index >= 15 is 0 Å². The summed E-state index contributed by atoms with van der Waals surface area (Å²) in [6.07, 6.45) is 0.270. The van der Waals surface area contributed by atoms with E-state index in [9.17, 15) is 23.5 Å². The van der Waals surface area contributed by atoms with Gasteiger partial charge in [-0.15, -0.1) is 0 Å². The van der Waals surface area contributed by atoms with E-state index in [1.165, 1.54) is 12.1 Å². The molecule has 2 aliphatic rings. The van der Waals surface area contributed by atoms with Gasteiger partial charge in [0.25, 0.3) is 0 Å². The molecule has 22 heavy (non-hydrogen) atoms. The van der Waals surface area contributed by atoms with Crippen molar-refractivity contribution in [2.75, 3.05) is 0 Å². The second-order valence-electron chi connectivity index (χ2n) is 6.14. The molecule has 0 amide bonds. The third kappa shape index (κ3) is 1.92. The zero-order valence-corrected chi connectivity index (χ0v) is 11.5. The number of carboxylic acid groups (broad SMARTS) is 2. The second-order valence-corrected chi connectivity index (χ2v) is 6.14. The van der Waals surface area contributed by atoms with Gasteiger partial charge in [-0.1, -0.05) is 12.1 Å². The molecule has 4 N–H and O–H groups in total. The predicted molar refractivity (Wildman–Crippen MR) is 70.8 cm³/mol. The molecular formula is C15H15F2NO4. The lowest BCUT2D eigenvalue weighted by molar-refractivity contribution is -0.147. The van der Waals surface area contributed by atoms with E-state index in [0.29, 0.717) is 6.42 Å². The smallest absolute Gasteiger partial charge is 0.324 e. The van der Waals surface area contributed by atoms with Crippen LogP contribution >= 0.6 is 0 Å². The van der Waals surface area contributed by atoms with Crippen molar-refractivity contribution in [2.24, 2.45) is 29.4 Å². The molecule has 0 spiro atoms. The Morgan fingerprint density at radius 1 is 1.32 bits per heavy atom. The van der Waals surface area contributed by atoms with Crippen LogP contribution in [0.3, 0.4) is 0 Å². The number of benzene rings is 1. The molecular weight excluding hydrogens is 296 g/mol. The summed E-state index contributed by atoms with van der Waals surface area (Å²) in [6.45, 7) is 0. The van der Waals surface area contributed by atoms with E-state index in [1.54, 1.807) is 0 Å². The summed E-state index contributed by atoms with van der Waals surface area (Å²) in [5.41, 5.74) is 4.36. The van der Waals surface area contributed by atoms with Crippen molar-refractivity contribution >= 4 is 11.9 Å². The summed E-state index contributed by atoms with van der Waals surface area (Å²) in [7, 11) is 0. The Morgan fingerprint density at radius 2 is 2.00 bits per heavy atom. The quantitative estimate of drug-likeness (QED) is 0.777. The van der Waals surface area contributed by atoms with Crippen molar-refractivity contribution in [3.63, 3.8) is 0 Å². The van der Waals surface area contributed by atoms with E-state index in [1.807, 2.05) is 0 Å². The summed E-state index contributed by atoms with van der Waals surface area (Å²) >= 11 is 0. The van der Waals surface area contributed by atoms with Crippen LogP contribution < -0.4 is 5.73 Å². The molecule has 7 heteroatoms. The molecule has 118 valence electrons. The van der Waals surface area contributed by atoms with Crippen molar-refractivity contribution in [1.82, 2.24) is 0 Å². The standard InChI is InChI=1S/C15H15F2NO4/c16-9-3-1-2-6(12(9)17)4-7-5-8-10(13(19)20)11(8)15(7,18)14(21)22/h1-3,7-8,10-11H,4-5,18H2,(H,19,20)(H,21,22). The Balaban J connectivity index is 1.88. The first kappa shape index (κ1) is 14.9. The van der Waals surface area contributed by atoms with E-state index < -0.39 is 46.9 Å². The Hall–Kier alpha value is -2.02. The van der Waals surface area contributed by atoms with Gasteiger partial charge in [0, 0.05) is 5.92 Å². The SMILES string of the molecule is NC1(C(=O)O)C(Cc2cccc(F)c2F)CC2C(C(=O)O)C21. The first-order chi connectivity index (χ1) is 10.3. The molecule has 0 bridgehead atoms. The third-order valence-electron chi connectivity index (χ3n) is 5.11. The highest BCUT2D eigenvalue weighted by atomic mass is 19.2. The van der Waals surface area contributed by atoms with Gasteiger partial charge in [0.15, 0.2) is 11.6 Å². The number of fused-ring (bicyclic) bond motifs is 1. The number of hydrogen-bond donors (Lipinski definition) is 3. The van der Waals surface area contributed by atoms with Crippen molar-refractivity contribution in [2.45, 2.75) is 18.4 Å². The summed E-state index contributed by atoms with van der Waals surface area (Å²) in [6, 6.07) is 3.72. The number of carboxylic acids is 2. The summed E-state index contributed by atoms with van der Waals surface area (Å²) in [4.78, 5) is 22.7. The van der Waals surface area contributed by atoms with E-state index in [2.05, 4.69) is 0 Å². The summed E-state index contributed by atoms with van der Waals surface area (Å²) < 4.78 is 27.0. The minimum atomic E-state index is -1.72. The molecule has 0 aliphatic heterocycles. The highest BCUT2D eigenvalue weighted by Crippen LogP contribution is 2.64.